The Kier molecular flexibility index (Phi) is 4.23. The molecule has 0 aliphatic carbocycles. The Morgan fingerprint density at radius 3 is 3.18 bits per heavy atom. The number of hydrogen-bond acceptors (Lipinski definition) is 3. The largest absolute Gasteiger partial charge is 0.445 e. The summed E-state index contributed by atoms with van der Waals surface area (Å²) in [6, 6.07) is 7.46. The zero-order chi connectivity index (χ0) is 12.1. The van der Waals surface area contributed by atoms with E-state index in [0.29, 0.717) is 5.02 Å². The quantitative estimate of drug-likeness (QED) is 0.867. The molecule has 1 fully saturated rings. The first kappa shape index (κ1) is 12.2. The van der Waals surface area contributed by atoms with Gasteiger partial charge in [-0.3, -0.25) is 0 Å². The molecule has 1 unspecified atom stereocenters. The number of amides is 1. The zero-order valence-corrected chi connectivity index (χ0v) is 10.2. The maximum absolute atomic E-state index is 11.5. The minimum atomic E-state index is -0.376. The SMILES string of the molecule is O=C(NC1CCNC1)OCc1cccc(Cl)c1. The summed E-state index contributed by atoms with van der Waals surface area (Å²) in [5.74, 6) is 0. The number of carbonyl (C=O) groups is 1. The summed E-state index contributed by atoms with van der Waals surface area (Å²) in [6.07, 6.45) is 0.574. The van der Waals surface area contributed by atoms with Crippen LogP contribution in [0.4, 0.5) is 4.79 Å². The lowest BCUT2D eigenvalue weighted by atomic mass is 10.2. The minimum Gasteiger partial charge on any atom is -0.445 e. The third-order valence-electron chi connectivity index (χ3n) is 2.64. The third kappa shape index (κ3) is 3.91. The van der Waals surface area contributed by atoms with Gasteiger partial charge in [0.1, 0.15) is 6.61 Å². The molecule has 1 heterocycles. The number of alkyl carbamates (subject to hydrolysis) is 1. The molecule has 92 valence electrons. The molecule has 5 heteroatoms. The summed E-state index contributed by atoms with van der Waals surface area (Å²) < 4.78 is 5.11. The van der Waals surface area contributed by atoms with Crippen molar-refractivity contribution in [3.05, 3.63) is 34.9 Å². The van der Waals surface area contributed by atoms with Crippen LogP contribution in [0.2, 0.25) is 5.02 Å². The van der Waals surface area contributed by atoms with Gasteiger partial charge in [0.15, 0.2) is 0 Å². The van der Waals surface area contributed by atoms with Crippen LogP contribution < -0.4 is 10.6 Å². The molecule has 1 aliphatic heterocycles. The van der Waals surface area contributed by atoms with E-state index in [1.807, 2.05) is 12.1 Å². The lowest BCUT2D eigenvalue weighted by Crippen LogP contribution is -2.36. The normalized spacial score (nSPS) is 19.0. The second-order valence-corrected chi connectivity index (χ2v) is 4.48. The Labute approximate surface area is 105 Å². The molecule has 2 N–H and O–H groups in total. The van der Waals surface area contributed by atoms with Crippen molar-refractivity contribution in [2.75, 3.05) is 13.1 Å². The molecule has 0 aromatic heterocycles. The second kappa shape index (κ2) is 5.89. The van der Waals surface area contributed by atoms with E-state index in [0.717, 1.165) is 25.1 Å². The number of benzene rings is 1. The maximum Gasteiger partial charge on any atom is 0.407 e. The van der Waals surface area contributed by atoms with Crippen molar-refractivity contribution in [1.29, 1.82) is 0 Å². The molecule has 1 atom stereocenters. The van der Waals surface area contributed by atoms with E-state index in [-0.39, 0.29) is 18.7 Å². The van der Waals surface area contributed by atoms with Crippen molar-refractivity contribution in [3.8, 4) is 0 Å². The average Bonchev–Trinajstić information content (AvgIpc) is 2.79. The van der Waals surface area contributed by atoms with Gasteiger partial charge in [-0.1, -0.05) is 23.7 Å². The monoisotopic (exact) mass is 254 g/mol. The van der Waals surface area contributed by atoms with Gasteiger partial charge < -0.3 is 15.4 Å². The minimum absolute atomic E-state index is 0.182. The van der Waals surface area contributed by atoms with Crippen LogP contribution in [0.15, 0.2) is 24.3 Å². The number of hydrogen-bond donors (Lipinski definition) is 2. The first-order valence-electron chi connectivity index (χ1n) is 5.62. The van der Waals surface area contributed by atoms with Crippen LogP contribution in [-0.2, 0) is 11.3 Å². The molecule has 0 saturated carbocycles. The van der Waals surface area contributed by atoms with Gasteiger partial charge in [-0.15, -0.1) is 0 Å². The fourth-order valence-electron chi connectivity index (χ4n) is 1.76. The highest BCUT2D eigenvalue weighted by atomic mass is 35.5. The predicted molar refractivity (Wildman–Crippen MR) is 66.0 cm³/mol. The molecule has 4 nitrogen and oxygen atoms in total. The molecule has 1 saturated heterocycles. The lowest BCUT2D eigenvalue weighted by molar-refractivity contribution is 0.136. The Hall–Kier alpha value is -1.26. The van der Waals surface area contributed by atoms with Crippen LogP contribution in [0.25, 0.3) is 0 Å². The fraction of sp³-hybridized carbons (Fsp3) is 0.417. The van der Waals surface area contributed by atoms with Crippen LogP contribution in [0.5, 0.6) is 0 Å². The van der Waals surface area contributed by atoms with Gasteiger partial charge in [0.25, 0.3) is 0 Å². The molecule has 0 bridgehead atoms. The summed E-state index contributed by atoms with van der Waals surface area (Å²) in [5, 5.41) is 6.62. The van der Waals surface area contributed by atoms with Crippen molar-refractivity contribution in [3.63, 3.8) is 0 Å². The van der Waals surface area contributed by atoms with Gasteiger partial charge >= 0.3 is 6.09 Å². The number of halogens is 1. The molecule has 1 aromatic carbocycles. The lowest BCUT2D eigenvalue weighted by Gasteiger charge is -2.11. The van der Waals surface area contributed by atoms with E-state index in [9.17, 15) is 4.79 Å². The third-order valence-corrected chi connectivity index (χ3v) is 2.88. The van der Waals surface area contributed by atoms with Crippen LogP contribution in [0.1, 0.15) is 12.0 Å². The Morgan fingerprint density at radius 1 is 1.59 bits per heavy atom. The van der Waals surface area contributed by atoms with Gasteiger partial charge in [-0.25, -0.2) is 4.79 Å². The second-order valence-electron chi connectivity index (χ2n) is 4.04. The highest BCUT2D eigenvalue weighted by molar-refractivity contribution is 6.30. The zero-order valence-electron chi connectivity index (χ0n) is 9.41. The Morgan fingerprint density at radius 2 is 2.47 bits per heavy atom. The van der Waals surface area contributed by atoms with Crippen molar-refractivity contribution in [2.45, 2.75) is 19.1 Å². The standard InChI is InChI=1S/C12H15ClN2O2/c13-10-3-1-2-9(6-10)8-17-12(16)15-11-4-5-14-7-11/h1-3,6,11,14H,4-5,7-8H2,(H,15,16). The van der Waals surface area contributed by atoms with E-state index in [2.05, 4.69) is 10.6 Å². The van der Waals surface area contributed by atoms with Crippen molar-refractivity contribution in [1.82, 2.24) is 10.6 Å². The summed E-state index contributed by atoms with van der Waals surface area (Å²) >= 11 is 5.83. The molecular formula is C12H15ClN2O2. The fourth-order valence-corrected chi connectivity index (χ4v) is 1.97. The van der Waals surface area contributed by atoms with E-state index < -0.39 is 0 Å². The van der Waals surface area contributed by atoms with Gasteiger partial charge in [-0.2, -0.15) is 0 Å². The molecule has 0 spiro atoms. The highest BCUT2D eigenvalue weighted by Crippen LogP contribution is 2.11. The van der Waals surface area contributed by atoms with E-state index in [1.165, 1.54) is 0 Å². The number of ether oxygens (including phenoxy) is 1. The summed E-state index contributed by atoms with van der Waals surface area (Å²) in [6.45, 7) is 2.00. The molecule has 1 aromatic rings. The first-order valence-corrected chi connectivity index (χ1v) is 6.00. The molecule has 1 amide bonds. The van der Waals surface area contributed by atoms with Crippen molar-refractivity contribution in [2.24, 2.45) is 0 Å². The molecular weight excluding hydrogens is 240 g/mol. The number of carbonyl (C=O) groups excluding carboxylic acids is 1. The maximum atomic E-state index is 11.5. The topological polar surface area (TPSA) is 50.4 Å². The molecule has 17 heavy (non-hydrogen) atoms. The number of rotatable bonds is 3. The van der Waals surface area contributed by atoms with Crippen LogP contribution in [-0.4, -0.2) is 25.2 Å². The summed E-state index contributed by atoms with van der Waals surface area (Å²) in [7, 11) is 0. The number of nitrogens with one attached hydrogen (secondary N) is 2. The first-order chi connectivity index (χ1) is 8.24. The van der Waals surface area contributed by atoms with E-state index >= 15 is 0 Å². The predicted octanol–water partition coefficient (Wildman–Crippen LogP) is 1.93. The van der Waals surface area contributed by atoms with Gasteiger partial charge in [-0.05, 0) is 30.7 Å². The van der Waals surface area contributed by atoms with Crippen LogP contribution >= 0.6 is 11.6 Å². The molecule has 2 rings (SSSR count). The molecule has 0 radical (unpaired) electrons. The summed E-state index contributed by atoms with van der Waals surface area (Å²) in [5.41, 5.74) is 0.886. The van der Waals surface area contributed by atoms with Crippen molar-refractivity contribution < 1.29 is 9.53 Å². The summed E-state index contributed by atoms with van der Waals surface area (Å²) in [4.78, 5) is 11.5. The van der Waals surface area contributed by atoms with Gasteiger partial charge in [0, 0.05) is 17.6 Å². The Balaban J connectivity index is 1.75. The highest BCUT2D eigenvalue weighted by Gasteiger charge is 2.17. The van der Waals surface area contributed by atoms with E-state index in [1.54, 1.807) is 12.1 Å². The Bertz CT molecular complexity index is 392. The van der Waals surface area contributed by atoms with Crippen LogP contribution in [0, 0.1) is 0 Å². The van der Waals surface area contributed by atoms with Gasteiger partial charge in [0.2, 0.25) is 0 Å². The average molecular weight is 255 g/mol. The molecule has 1 aliphatic rings. The van der Waals surface area contributed by atoms with Crippen LogP contribution in [0.3, 0.4) is 0 Å². The van der Waals surface area contributed by atoms with E-state index in [4.69, 9.17) is 16.3 Å². The van der Waals surface area contributed by atoms with Gasteiger partial charge in [0.05, 0.1) is 0 Å². The smallest absolute Gasteiger partial charge is 0.407 e. The van der Waals surface area contributed by atoms with Crippen molar-refractivity contribution >= 4 is 17.7 Å².